The Labute approximate surface area is 180 Å². The van der Waals surface area contributed by atoms with E-state index in [9.17, 15) is 24.0 Å². The van der Waals surface area contributed by atoms with Crippen molar-refractivity contribution in [1.82, 2.24) is 15.5 Å². The van der Waals surface area contributed by atoms with Crippen LogP contribution in [0.4, 0.5) is 10.5 Å². The summed E-state index contributed by atoms with van der Waals surface area (Å²) < 4.78 is 5.16. The van der Waals surface area contributed by atoms with E-state index in [0.717, 1.165) is 4.90 Å². The third kappa shape index (κ3) is 6.27. The van der Waals surface area contributed by atoms with E-state index in [1.54, 1.807) is 45.9 Å². The van der Waals surface area contributed by atoms with Crippen molar-refractivity contribution in [2.24, 2.45) is 0 Å². The van der Waals surface area contributed by atoms with Gasteiger partial charge in [-0.1, -0.05) is 6.07 Å². The van der Waals surface area contributed by atoms with Crippen molar-refractivity contribution in [3.8, 4) is 0 Å². The first-order chi connectivity index (χ1) is 14.5. The van der Waals surface area contributed by atoms with Gasteiger partial charge in [-0.3, -0.25) is 29.4 Å². The maximum absolute atomic E-state index is 13.0. The largest absolute Gasteiger partial charge is 0.444 e. The fourth-order valence-electron chi connectivity index (χ4n) is 3.13. The van der Waals surface area contributed by atoms with Crippen molar-refractivity contribution in [3.05, 3.63) is 29.3 Å². The molecule has 0 saturated heterocycles. The standard InChI is InChI=1S/C21H28N4O6/c1-13(8-9-16(27)24-12-26)25-18(28)14-6-5-7-15(17(14)19(25)29)22-10-11-23-20(30)31-21(2,3)4/h5-7,12-13,22H,8-11H2,1-4H3,(H,23,30)(H,24,26,27). The summed E-state index contributed by atoms with van der Waals surface area (Å²) in [5.74, 6) is -1.36. The number of ether oxygens (including phenoxy) is 1. The third-order valence-electron chi connectivity index (χ3n) is 4.50. The first-order valence-corrected chi connectivity index (χ1v) is 9.99. The van der Waals surface area contributed by atoms with Gasteiger partial charge in [-0.25, -0.2) is 4.79 Å². The lowest BCUT2D eigenvalue weighted by Crippen LogP contribution is -2.39. The van der Waals surface area contributed by atoms with Crippen LogP contribution in [0.2, 0.25) is 0 Å². The monoisotopic (exact) mass is 432 g/mol. The van der Waals surface area contributed by atoms with Gasteiger partial charge in [-0.05, 0) is 46.2 Å². The molecule has 1 aromatic rings. The topological polar surface area (TPSA) is 134 Å². The van der Waals surface area contributed by atoms with Gasteiger partial charge in [-0.2, -0.15) is 0 Å². The van der Waals surface area contributed by atoms with Gasteiger partial charge in [0.25, 0.3) is 11.8 Å². The van der Waals surface area contributed by atoms with Gasteiger partial charge in [0.2, 0.25) is 12.3 Å². The van der Waals surface area contributed by atoms with Crippen molar-refractivity contribution in [1.29, 1.82) is 0 Å². The number of nitrogens with one attached hydrogen (secondary N) is 3. The van der Waals surface area contributed by atoms with Crippen LogP contribution < -0.4 is 16.0 Å². The Balaban J connectivity index is 2.00. The maximum Gasteiger partial charge on any atom is 0.407 e. The predicted octanol–water partition coefficient (Wildman–Crippen LogP) is 1.66. The molecule has 5 amide bonds. The number of amides is 5. The maximum atomic E-state index is 13.0. The molecule has 0 bridgehead atoms. The summed E-state index contributed by atoms with van der Waals surface area (Å²) in [6.07, 6.45) is -0.00920. The van der Waals surface area contributed by atoms with E-state index in [4.69, 9.17) is 4.74 Å². The summed E-state index contributed by atoms with van der Waals surface area (Å²) in [7, 11) is 0. The average Bonchev–Trinajstić information content (AvgIpc) is 2.93. The fraction of sp³-hybridized carbons (Fsp3) is 0.476. The molecule has 0 aliphatic carbocycles. The number of alkyl carbamates (subject to hydrolysis) is 1. The van der Waals surface area contributed by atoms with Crippen LogP contribution in [0.3, 0.4) is 0 Å². The van der Waals surface area contributed by atoms with Crippen LogP contribution >= 0.6 is 0 Å². The fourth-order valence-corrected chi connectivity index (χ4v) is 3.13. The molecular weight excluding hydrogens is 404 g/mol. The zero-order chi connectivity index (χ0) is 23.2. The second-order valence-electron chi connectivity index (χ2n) is 8.14. The van der Waals surface area contributed by atoms with Crippen molar-refractivity contribution < 1.29 is 28.7 Å². The van der Waals surface area contributed by atoms with Crippen molar-refractivity contribution >= 4 is 35.9 Å². The number of rotatable bonds is 9. The molecule has 0 saturated carbocycles. The number of fused-ring (bicyclic) bond motifs is 1. The molecule has 31 heavy (non-hydrogen) atoms. The van der Waals surface area contributed by atoms with E-state index in [-0.39, 0.29) is 30.5 Å². The molecule has 168 valence electrons. The van der Waals surface area contributed by atoms with Gasteiger partial charge in [0.1, 0.15) is 5.60 Å². The normalized spacial score (nSPS) is 14.0. The Bertz CT molecular complexity index is 877. The van der Waals surface area contributed by atoms with Crippen LogP contribution in [-0.2, 0) is 14.3 Å². The highest BCUT2D eigenvalue weighted by Crippen LogP contribution is 2.31. The molecule has 1 heterocycles. The Morgan fingerprint density at radius 3 is 2.52 bits per heavy atom. The third-order valence-corrected chi connectivity index (χ3v) is 4.50. The van der Waals surface area contributed by atoms with Gasteiger partial charge in [0.15, 0.2) is 0 Å². The first kappa shape index (κ1) is 23.8. The van der Waals surface area contributed by atoms with Crippen LogP contribution in [0, 0.1) is 0 Å². The highest BCUT2D eigenvalue weighted by atomic mass is 16.6. The molecule has 1 atom stereocenters. The molecule has 0 fully saturated rings. The summed E-state index contributed by atoms with van der Waals surface area (Å²) in [6.45, 7) is 7.55. The minimum atomic E-state index is -0.599. The predicted molar refractivity (Wildman–Crippen MR) is 113 cm³/mol. The highest BCUT2D eigenvalue weighted by Gasteiger charge is 2.40. The van der Waals surface area contributed by atoms with Crippen LogP contribution in [0.15, 0.2) is 18.2 Å². The Morgan fingerprint density at radius 1 is 1.16 bits per heavy atom. The molecule has 1 aliphatic heterocycles. The number of hydrogen-bond acceptors (Lipinski definition) is 7. The molecule has 0 radical (unpaired) electrons. The van der Waals surface area contributed by atoms with E-state index >= 15 is 0 Å². The minimum absolute atomic E-state index is 0.00868. The highest BCUT2D eigenvalue weighted by molar-refractivity contribution is 6.24. The second-order valence-corrected chi connectivity index (χ2v) is 8.14. The van der Waals surface area contributed by atoms with Crippen LogP contribution in [0.25, 0.3) is 0 Å². The Morgan fingerprint density at radius 2 is 1.87 bits per heavy atom. The molecular formula is C21H28N4O6. The molecule has 1 aromatic carbocycles. The van der Waals surface area contributed by atoms with E-state index in [0.29, 0.717) is 18.6 Å². The quantitative estimate of drug-likeness (QED) is 0.307. The van der Waals surface area contributed by atoms with Crippen molar-refractivity contribution in [2.75, 3.05) is 18.4 Å². The number of imide groups is 2. The second kappa shape index (κ2) is 10.1. The van der Waals surface area contributed by atoms with Gasteiger partial charge in [-0.15, -0.1) is 0 Å². The van der Waals surface area contributed by atoms with Crippen molar-refractivity contribution in [3.63, 3.8) is 0 Å². The van der Waals surface area contributed by atoms with E-state index in [2.05, 4.69) is 10.6 Å². The lowest BCUT2D eigenvalue weighted by molar-refractivity contribution is -0.125. The van der Waals surface area contributed by atoms with Gasteiger partial charge in [0.05, 0.1) is 11.1 Å². The number of hydrogen-bond donors (Lipinski definition) is 3. The average molecular weight is 432 g/mol. The molecule has 0 aromatic heterocycles. The number of carbonyl (C=O) groups excluding carboxylic acids is 5. The SMILES string of the molecule is CC(CCC(=O)NC=O)N1C(=O)c2cccc(NCCNC(=O)OC(C)(C)C)c2C1=O. The van der Waals surface area contributed by atoms with Crippen LogP contribution in [-0.4, -0.2) is 59.9 Å². The molecule has 1 unspecified atom stereocenters. The summed E-state index contributed by atoms with van der Waals surface area (Å²) >= 11 is 0. The summed E-state index contributed by atoms with van der Waals surface area (Å²) in [5.41, 5.74) is 0.419. The Kier molecular flexibility index (Phi) is 7.73. The number of nitrogens with zero attached hydrogens (tertiary/aromatic N) is 1. The van der Waals surface area contributed by atoms with Crippen molar-refractivity contribution in [2.45, 2.75) is 52.2 Å². The zero-order valence-electron chi connectivity index (χ0n) is 18.1. The zero-order valence-corrected chi connectivity index (χ0v) is 18.1. The molecule has 10 heteroatoms. The molecule has 1 aliphatic rings. The molecule has 0 spiro atoms. The summed E-state index contributed by atoms with van der Waals surface area (Å²) in [4.78, 5) is 60.4. The van der Waals surface area contributed by atoms with E-state index < -0.39 is 35.5 Å². The lowest BCUT2D eigenvalue weighted by atomic mass is 10.1. The van der Waals surface area contributed by atoms with E-state index in [1.807, 2.05) is 5.32 Å². The van der Waals surface area contributed by atoms with Crippen LogP contribution in [0.5, 0.6) is 0 Å². The van der Waals surface area contributed by atoms with Gasteiger partial charge < -0.3 is 15.4 Å². The van der Waals surface area contributed by atoms with Gasteiger partial charge >= 0.3 is 6.09 Å². The minimum Gasteiger partial charge on any atom is -0.444 e. The Hall–Kier alpha value is -3.43. The number of carbonyl (C=O) groups is 5. The van der Waals surface area contributed by atoms with Gasteiger partial charge in [0, 0.05) is 31.2 Å². The lowest BCUT2D eigenvalue weighted by Gasteiger charge is -2.22. The van der Waals surface area contributed by atoms with Crippen LogP contribution in [0.1, 0.15) is 61.3 Å². The molecule has 10 nitrogen and oxygen atoms in total. The summed E-state index contributed by atoms with van der Waals surface area (Å²) in [5, 5.41) is 7.71. The molecule has 2 rings (SSSR count). The summed E-state index contributed by atoms with van der Waals surface area (Å²) in [6, 6.07) is 4.40. The first-order valence-electron chi connectivity index (χ1n) is 9.99. The number of anilines is 1. The molecule has 3 N–H and O–H groups in total. The smallest absolute Gasteiger partial charge is 0.407 e. The number of benzene rings is 1. The van der Waals surface area contributed by atoms with E-state index in [1.165, 1.54) is 0 Å².